The molecule has 1 aromatic heterocycles. The van der Waals surface area contributed by atoms with Crippen LogP contribution in [0.4, 0.5) is 11.5 Å². The minimum Gasteiger partial charge on any atom is -0.384 e. The fraction of sp³-hybridized carbons (Fsp3) is 0.364. The second-order valence-corrected chi connectivity index (χ2v) is 4.34. The standard InChI is InChI=1S/C11H13N5O4/c12-9-4-6(8(5-14-9)16(19)20)10(17)15-7-2-1-3-13-11(7)18/h4-5,7H,1-3H2,(H2,12,14)(H,13,18)(H,15,17). The van der Waals surface area contributed by atoms with Crippen LogP contribution in [0.15, 0.2) is 12.3 Å². The molecule has 20 heavy (non-hydrogen) atoms. The lowest BCUT2D eigenvalue weighted by Crippen LogP contribution is -2.50. The molecule has 0 bridgehead atoms. The second-order valence-electron chi connectivity index (χ2n) is 4.34. The van der Waals surface area contributed by atoms with E-state index in [1.165, 1.54) is 0 Å². The lowest BCUT2D eigenvalue weighted by atomic mass is 10.1. The van der Waals surface area contributed by atoms with E-state index in [9.17, 15) is 19.7 Å². The average molecular weight is 279 g/mol. The van der Waals surface area contributed by atoms with Crippen molar-refractivity contribution in [2.75, 3.05) is 12.3 Å². The first-order valence-corrected chi connectivity index (χ1v) is 5.97. The van der Waals surface area contributed by atoms with Crippen LogP contribution in [0.3, 0.4) is 0 Å². The Bertz CT molecular complexity index is 574. The molecule has 0 radical (unpaired) electrons. The molecule has 2 heterocycles. The van der Waals surface area contributed by atoms with Gasteiger partial charge in [0, 0.05) is 6.54 Å². The molecule has 0 saturated carbocycles. The fourth-order valence-corrected chi connectivity index (χ4v) is 1.94. The molecule has 1 unspecified atom stereocenters. The lowest BCUT2D eigenvalue weighted by Gasteiger charge is -2.22. The number of pyridine rings is 1. The van der Waals surface area contributed by atoms with Crippen LogP contribution in [0.25, 0.3) is 0 Å². The van der Waals surface area contributed by atoms with E-state index in [-0.39, 0.29) is 17.3 Å². The van der Waals surface area contributed by atoms with Gasteiger partial charge in [-0.1, -0.05) is 0 Å². The zero-order valence-electron chi connectivity index (χ0n) is 10.5. The zero-order valence-corrected chi connectivity index (χ0v) is 10.5. The highest BCUT2D eigenvalue weighted by Gasteiger charge is 2.27. The van der Waals surface area contributed by atoms with E-state index < -0.39 is 22.6 Å². The second kappa shape index (κ2) is 5.51. The number of nitrogen functional groups attached to an aromatic ring is 1. The number of nitrogens with two attached hydrogens (primary N) is 1. The van der Waals surface area contributed by atoms with Gasteiger partial charge in [-0.25, -0.2) is 4.98 Å². The molecular formula is C11H13N5O4. The summed E-state index contributed by atoms with van der Waals surface area (Å²) in [6.07, 6.45) is 2.15. The zero-order chi connectivity index (χ0) is 14.7. The van der Waals surface area contributed by atoms with Gasteiger partial charge in [0.25, 0.3) is 11.6 Å². The van der Waals surface area contributed by atoms with E-state index in [0.717, 1.165) is 18.7 Å². The maximum atomic E-state index is 12.1. The van der Waals surface area contributed by atoms with Gasteiger partial charge < -0.3 is 16.4 Å². The third kappa shape index (κ3) is 2.82. The molecule has 9 nitrogen and oxygen atoms in total. The van der Waals surface area contributed by atoms with E-state index in [4.69, 9.17) is 5.73 Å². The number of anilines is 1. The summed E-state index contributed by atoms with van der Waals surface area (Å²) in [7, 11) is 0. The van der Waals surface area contributed by atoms with E-state index in [0.29, 0.717) is 13.0 Å². The third-order valence-corrected chi connectivity index (χ3v) is 2.94. The quantitative estimate of drug-likeness (QED) is 0.507. The maximum absolute atomic E-state index is 12.1. The molecule has 9 heteroatoms. The SMILES string of the molecule is Nc1cc(C(=O)NC2CCCNC2=O)c([N+](=O)[O-])cn1. The summed E-state index contributed by atoms with van der Waals surface area (Å²) in [4.78, 5) is 37.3. The molecular weight excluding hydrogens is 266 g/mol. The van der Waals surface area contributed by atoms with Gasteiger partial charge in [0.15, 0.2) is 0 Å². The van der Waals surface area contributed by atoms with Crippen molar-refractivity contribution in [1.82, 2.24) is 15.6 Å². The van der Waals surface area contributed by atoms with Gasteiger partial charge in [0.2, 0.25) is 5.91 Å². The smallest absolute Gasteiger partial charge is 0.300 e. The Morgan fingerprint density at radius 2 is 2.35 bits per heavy atom. The van der Waals surface area contributed by atoms with Crippen molar-refractivity contribution in [2.24, 2.45) is 0 Å². The van der Waals surface area contributed by atoms with Crippen molar-refractivity contribution in [1.29, 1.82) is 0 Å². The number of amides is 2. The minimum absolute atomic E-state index is 0.00570. The number of aromatic nitrogens is 1. The number of rotatable bonds is 3. The first-order valence-electron chi connectivity index (χ1n) is 5.97. The van der Waals surface area contributed by atoms with Gasteiger partial charge in [0.05, 0.1) is 4.92 Å². The molecule has 0 spiro atoms. The van der Waals surface area contributed by atoms with Crippen LogP contribution in [0, 0.1) is 10.1 Å². The highest BCUT2D eigenvalue weighted by atomic mass is 16.6. The topological polar surface area (TPSA) is 140 Å². The summed E-state index contributed by atoms with van der Waals surface area (Å²) >= 11 is 0. The van der Waals surface area contributed by atoms with Crippen LogP contribution < -0.4 is 16.4 Å². The Morgan fingerprint density at radius 3 is 3.00 bits per heavy atom. The predicted octanol–water partition coefficient (Wildman–Crippen LogP) is -0.420. The van der Waals surface area contributed by atoms with Crippen molar-refractivity contribution < 1.29 is 14.5 Å². The molecule has 1 saturated heterocycles. The molecule has 0 aliphatic carbocycles. The molecule has 1 fully saturated rings. The number of nitro groups is 1. The molecule has 1 aromatic rings. The highest BCUT2D eigenvalue weighted by Crippen LogP contribution is 2.19. The molecule has 4 N–H and O–H groups in total. The predicted molar refractivity (Wildman–Crippen MR) is 68.8 cm³/mol. The van der Waals surface area contributed by atoms with E-state index in [1.54, 1.807) is 0 Å². The largest absolute Gasteiger partial charge is 0.384 e. The summed E-state index contributed by atoms with van der Waals surface area (Å²) in [6, 6.07) is 0.430. The van der Waals surface area contributed by atoms with Crippen molar-refractivity contribution in [3.8, 4) is 0 Å². The van der Waals surface area contributed by atoms with Crippen molar-refractivity contribution in [3.05, 3.63) is 27.9 Å². The summed E-state index contributed by atoms with van der Waals surface area (Å²) < 4.78 is 0. The molecule has 2 rings (SSSR count). The Labute approximate surface area is 113 Å². The Kier molecular flexibility index (Phi) is 3.78. The van der Waals surface area contributed by atoms with Gasteiger partial charge in [0.1, 0.15) is 23.6 Å². The molecule has 1 aliphatic heterocycles. The first kappa shape index (κ1) is 13.7. The van der Waals surface area contributed by atoms with Gasteiger partial charge in [-0.2, -0.15) is 0 Å². The van der Waals surface area contributed by atoms with Crippen LogP contribution in [0.1, 0.15) is 23.2 Å². The van der Waals surface area contributed by atoms with Crippen LogP contribution in [0.5, 0.6) is 0 Å². The number of piperidine rings is 1. The summed E-state index contributed by atoms with van der Waals surface area (Å²) in [5.74, 6) is -1.02. The van der Waals surface area contributed by atoms with Crippen LogP contribution in [-0.4, -0.2) is 34.3 Å². The van der Waals surface area contributed by atoms with Crippen LogP contribution in [-0.2, 0) is 4.79 Å². The first-order chi connectivity index (χ1) is 9.49. The van der Waals surface area contributed by atoms with Gasteiger partial charge in [-0.05, 0) is 18.9 Å². The van der Waals surface area contributed by atoms with Gasteiger partial charge in [-0.15, -0.1) is 0 Å². The van der Waals surface area contributed by atoms with Crippen molar-refractivity contribution in [2.45, 2.75) is 18.9 Å². The van der Waals surface area contributed by atoms with Crippen molar-refractivity contribution in [3.63, 3.8) is 0 Å². The molecule has 1 aliphatic rings. The molecule has 1 atom stereocenters. The van der Waals surface area contributed by atoms with Crippen molar-refractivity contribution >= 4 is 23.3 Å². The van der Waals surface area contributed by atoms with Crippen LogP contribution in [0.2, 0.25) is 0 Å². The number of nitrogens with one attached hydrogen (secondary N) is 2. The van der Waals surface area contributed by atoms with E-state index >= 15 is 0 Å². The monoisotopic (exact) mass is 279 g/mol. The summed E-state index contributed by atoms with van der Waals surface area (Å²) in [5.41, 5.74) is 4.77. The number of carbonyl (C=O) groups excluding carboxylic acids is 2. The number of hydrogen-bond acceptors (Lipinski definition) is 6. The fourth-order valence-electron chi connectivity index (χ4n) is 1.94. The Hall–Kier alpha value is -2.71. The third-order valence-electron chi connectivity index (χ3n) is 2.94. The number of nitrogens with zero attached hydrogens (tertiary/aromatic N) is 2. The summed E-state index contributed by atoms with van der Waals surface area (Å²) in [6.45, 7) is 0.563. The molecule has 0 aromatic carbocycles. The van der Waals surface area contributed by atoms with Gasteiger partial charge in [-0.3, -0.25) is 19.7 Å². The average Bonchev–Trinajstić information content (AvgIpc) is 2.40. The maximum Gasteiger partial charge on any atom is 0.300 e. The molecule has 2 amide bonds. The number of carbonyl (C=O) groups is 2. The normalized spacial score (nSPS) is 18.2. The Morgan fingerprint density at radius 1 is 1.60 bits per heavy atom. The highest BCUT2D eigenvalue weighted by molar-refractivity contribution is 6.01. The Balaban J connectivity index is 2.22. The minimum atomic E-state index is -0.720. The van der Waals surface area contributed by atoms with E-state index in [2.05, 4.69) is 15.6 Å². The number of hydrogen-bond donors (Lipinski definition) is 3. The lowest BCUT2D eigenvalue weighted by molar-refractivity contribution is -0.385. The molecule has 106 valence electrons. The van der Waals surface area contributed by atoms with E-state index in [1.807, 2.05) is 0 Å². The van der Waals surface area contributed by atoms with Gasteiger partial charge >= 0.3 is 0 Å². The summed E-state index contributed by atoms with van der Waals surface area (Å²) in [5, 5.41) is 15.9. The van der Waals surface area contributed by atoms with Crippen LogP contribution >= 0.6 is 0 Å².